The molecule has 3 rings (SSSR count). The van der Waals surface area contributed by atoms with Crippen molar-refractivity contribution in [3.8, 4) is 11.5 Å². The molecule has 1 saturated heterocycles. The molecule has 0 bridgehead atoms. The van der Waals surface area contributed by atoms with Gasteiger partial charge in [-0.2, -0.15) is 0 Å². The number of halogens is 1. The lowest BCUT2D eigenvalue weighted by Gasteiger charge is -2.27. The highest BCUT2D eigenvalue weighted by Gasteiger charge is 2.36. The predicted molar refractivity (Wildman–Crippen MR) is 103 cm³/mol. The number of rotatable bonds is 7. The minimum atomic E-state index is -0.225. The van der Waals surface area contributed by atoms with Crippen LogP contribution in [0.2, 0.25) is 5.02 Å². The molecule has 0 spiro atoms. The van der Waals surface area contributed by atoms with E-state index in [1.54, 1.807) is 0 Å². The van der Waals surface area contributed by atoms with Crippen LogP contribution in [0.5, 0.6) is 11.5 Å². The fourth-order valence-electron chi connectivity index (χ4n) is 3.11. The molecule has 25 heavy (non-hydrogen) atoms. The zero-order chi connectivity index (χ0) is 17.7. The van der Waals surface area contributed by atoms with E-state index in [1.807, 2.05) is 55.6 Å². The van der Waals surface area contributed by atoms with E-state index < -0.39 is 0 Å². The van der Waals surface area contributed by atoms with Crippen molar-refractivity contribution >= 4 is 17.3 Å². The summed E-state index contributed by atoms with van der Waals surface area (Å²) in [6.07, 6.45) is 0.975. The van der Waals surface area contributed by atoms with Crippen LogP contribution in [0.4, 0.5) is 5.69 Å². The molecule has 1 aliphatic rings. The van der Waals surface area contributed by atoms with Crippen LogP contribution >= 0.6 is 11.6 Å². The van der Waals surface area contributed by atoms with Gasteiger partial charge in [0.25, 0.3) is 0 Å². The molecule has 5 heteroatoms. The molecule has 0 radical (unpaired) electrons. The third kappa shape index (κ3) is 4.80. The van der Waals surface area contributed by atoms with Gasteiger partial charge in [-0.3, -0.25) is 4.90 Å². The van der Waals surface area contributed by atoms with Crippen LogP contribution in [0.3, 0.4) is 0 Å². The molecule has 0 aromatic heterocycles. The van der Waals surface area contributed by atoms with E-state index >= 15 is 0 Å². The Hall–Kier alpha value is -1.91. The molecule has 2 aromatic rings. The Morgan fingerprint density at radius 2 is 2.00 bits per heavy atom. The van der Waals surface area contributed by atoms with Crippen molar-refractivity contribution in [2.45, 2.75) is 18.9 Å². The summed E-state index contributed by atoms with van der Waals surface area (Å²) in [7, 11) is 1.87. The Labute approximate surface area is 154 Å². The van der Waals surface area contributed by atoms with Crippen molar-refractivity contribution in [1.82, 2.24) is 4.90 Å². The number of para-hydroxylation sites is 1. The van der Waals surface area contributed by atoms with Crippen LogP contribution in [-0.2, 0) is 0 Å². The Morgan fingerprint density at radius 1 is 1.20 bits per heavy atom. The number of nitrogens with one attached hydrogen (secondary N) is 1. The lowest BCUT2D eigenvalue weighted by Crippen LogP contribution is -2.37. The molecule has 134 valence electrons. The molecule has 1 aliphatic heterocycles. The van der Waals surface area contributed by atoms with Gasteiger partial charge in [0.15, 0.2) is 0 Å². The molecule has 2 aromatic carbocycles. The highest BCUT2D eigenvalue weighted by Crippen LogP contribution is 2.33. The lowest BCUT2D eigenvalue weighted by molar-refractivity contribution is 0.0936. The minimum Gasteiger partial charge on any atom is -0.492 e. The standard InChI is InChI=1S/C20H25ClN2O2/c1-20(25-19-9-8-16(22-2)14-18(19)21)10-11-23(15-20)12-13-24-17-6-4-3-5-7-17/h3-9,14,22H,10-13,15H2,1-2H3. The largest absolute Gasteiger partial charge is 0.492 e. The summed E-state index contributed by atoms with van der Waals surface area (Å²) in [5, 5.41) is 3.72. The second kappa shape index (κ2) is 7.98. The number of anilines is 1. The van der Waals surface area contributed by atoms with Gasteiger partial charge < -0.3 is 14.8 Å². The monoisotopic (exact) mass is 360 g/mol. The van der Waals surface area contributed by atoms with Gasteiger partial charge in [-0.05, 0) is 37.3 Å². The molecule has 1 heterocycles. The Morgan fingerprint density at radius 3 is 2.72 bits per heavy atom. The van der Waals surface area contributed by atoms with Gasteiger partial charge in [0, 0.05) is 38.8 Å². The molecule has 1 unspecified atom stereocenters. The summed E-state index contributed by atoms with van der Waals surface area (Å²) < 4.78 is 12.0. The van der Waals surface area contributed by atoms with Crippen LogP contribution in [0.25, 0.3) is 0 Å². The van der Waals surface area contributed by atoms with E-state index in [0.29, 0.717) is 11.6 Å². The average Bonchev–Trinajstić information content (AvgIpc) is 2.99. The number of hydrogen-bond acceptors (Lipinski definition) is 4. The molecule has 1 atom stereocenters. The van der Waals surface area contributed by atoms with Crippen LogP contribution in [-0.4, -0.2) is 43.8 Å². The molecular formula is C20H25ClN2O2. The maximum Gasteiger partial charge on any atom is 0.138 e. The molecule has 0 saturated carbocycles. The van der Waals surface area contributed by atoms with Crippen LogP contribution < -0.4 is 14.8 Å². The van der Waals surface area contributed by atoms with Crippen LogP contribution in [0.1, 0.15) is 13.3 Å². The minimum absolute atomic E-state index is 0.225. The quantitative estimate of drug-likeness (QED) is 0.798. The summed E-state index contributed by atoms with van der Waals surface area (Å²) in [5.41, 5.74) is 0.756. The van der Waals surface area contributed by atoms with Crippen LogP contribution in [0.15, 0.2) is 48.5 Å². The zero-order valence-corrected chi connectivity index (χ0v) is 15.6. The number of hydrogen-bond donors (Lipinski definition) is 1. The van der Waals surface area contributed by atoms with Gasteiger partial charge in [0.1, 0.15) is 23.7 Å². The number of nitrogens with zero attached hydrogens (tertiary/aromatic N) is 1. The summed E-state index contributed by atoms with van der Waals surface area (Å²) >= 11 is 6.34. The second-order valence-electron chi connectivity index (χ2n) is 6.63. The summed E-state index contributed by atoms with van der Waals surface area (Å²) in [6, 6.07) is 15.7. The van der Waals surface area contributed by atoms with E-state index in [9.17, 15) is 0 Å². The second-order valence-corrected chi connectivity index (χ2v) is 7.04. The van der Waals surface area contributed by atoms with Crippen molar-refractivity contribution in [1.29, 1.82) is 0 Å². The van der Waals surface area contributed by atoms with Crippen molar-refractivity contribution in [2.24, 2.45) is 0 Å². The van der Waals surface area contributed by atoms with E-state index in [0.717, 1.165) is 43.2 Å². The fraction of sp³-hybridized carbons (Fsp3) is 0.400. The molecule has 0 aliphatic carbocycles. The highest BCUT2D eigenvalue weighted by molar-refractivity contribution is 6.32. The van der Waals surface area contributed by atoms with Gasteiger partial charge in [0.2, 0.25) is 0 Å². The molecular weight excluding hydrogens is 336 g/mol. The van der Waals surface area contributed by atoms with Gasteiger partial charge >= 0.3 is 0 Å². The normalized spacial score (nSPS) is 20.4. The first-order chi connectivity index (χ1) is 12.1. The van der Waals surface area contributed by atoms with E-state index in [4.69, 9.17) is 21.1 Å². The summed E-state index contributed by atoms with van der Waals surface area (Å²) in [6.45, 7) is 5.58. The Bertz CT molecular complexity index is 695. The summed E-state index contributed by atoms with van der Waals surface area (Å²) in [5.74, 6) is 1.66. The number of ether oxygens (including phenoxy) is 2. The maximum atomic E-state index is 6.34. The van der Waals surface area contributed by atoms with E-state index in [1.165, 1.54) is 0 Å². The van der Waals surface area contributed by atoms with Gasteiger partial charge in [-0.25, -0.2) is 0 Å². The van der Waals surface area contributed by atoms with Crippen molar-refractivity contribution < 1.29 is 9.47 Å². The summed E-state index contributed by atoms with van der Waals surface area (Å²) in [4.78, 5) is 2.37. The Balaban J connectivity index is 1.50. The maximum absolute atomic E-state index is 6.34. The van der Waals surface area contributed by atoms with Crippen LogP contribution in [0, 0.1) is 0 Å². The third-order valence-corrected chi connectivity index (χ3v) is 4.81. The fourth-order valence-corrected chi connectivity index (χ4v) is 3.33. The first kappa shape index (κ1) is 17.9. The van der Waals surface area contributed by atoms with Gasteiger partial charge in [-0.1, -0.05) is 29.8 Å². The third-order valence-electron chi connectivity index (χ3n) is 4.51. The number of benzene rings is 2. The highest BCUT2D eigenvalue weighted by atomic mass is 35.5. The predicted octanol–water partition coefficient (Wildman–Crippen LogP) is 4.30. The molecule has 1 fully saturated rings. The Kier molecular flexibility index (Phi) is 5.71. The molecule has 4 nitrogen and oxygen atoms in total. The van der Waals surface area contributed by atoms with Gasteiger partial charge in [0.05, 0.1) is 5.02 Å². The topological polar surface area (TPSA) is 33.7 Å². The molecule has 0 amide bonds. The lowest BCUT2D eigenvalue weighted by atomic mass is 10.1. The van der Waals surface area contributed by atoms with Crippen molar-refractivity contribution in [2.75, 3.05) is 38.6 Å². The van der Waals surface area contributed by atoms with Crippen molar-refractivity contribution in [3.63, 3.8) is 0 Å². The number of likely N-dealkylation sites (tertiary alicyclic amines) is 1. The first-order valence-corrected chi connectivity index (χ1v) is 9.02. The molecule has 1 N–H and O–H groups in total. The van der Waals surface area contributed by atoms with E-state index in [-0.39, 0.29) is 5.60 Å². The van der Waals surface area contributed by atoms with E-state index in [2.05, 4.69) is 17.1 Å². The average molecular weight is 361 g/mol. The smallest absolute Gasteiger partial charge is 0.138 e. The van der Waals surface area contributed by atoms with Gasteiger partial charge in [-0.15, -0.1) is 0 Å². The first-order valence-electron chi connectivity index (χ1n) is 8.64. The van der Waals surface area contributed by atoms with Crippen molar-refractivity contribution in [3.05, 3.63) is 53.6 Å². The SMILES string of the molecule is CNc1ccc(OC2(C)CCN(CCOc3ccccc3)C2)c(Cl)c1. The zero-order valence-electron chi connectivity index (χ0n) is 14.8.